The average molecular weight is 734 g/mol. The topological polar surface area (TPSA) is 108 Å². The third-order valence-corrected chi connectivity index (χ3v) is 11.2. The van der Waals surface area contributed by atoms with E-state index in [1.165, 1.54) is 41.6 Å². The molecule has 3 aliphatic rings. The highest BCUT2D eigenvalue weighted by molar-refractivity contribution is 6.03. The number of phenols is 1. The van der Waals surface area contributed by atoms with Gasteiger partial charge in [0.15, 0.2) is 11.6 Å². The molecule has 0 unspecified atom stereocenters. The Kier molecular flexibility index (Phi) is 9.31. The van der Waals surface area contributed by atoms with Crippen LogP contribution in [0.3, 0.4) is 0 Å². The van der Waals surface area contributed by atoms with E-state index in [9.17, 15) is 18.7 Å². The second kappa shape index (κ2) is 14.2. The Morgan fingerprint density at radius 2 is 1.89 bits per heavy atom. The van der Waals surface area contributed by atoms with Gasteiger partial charge >= 0.3 is 6.01 Å². The summed E-state index contributed by atoms with van der Waals surface area (Å²) in [5, 5.41) is 11.5. The minimum atomic E-state index is -0.922. The molecule has 1 amide bonds. The highest BCUT2D eigenvalue weighted by Crippen LogP contribution is 2.47. The van der Waals surface area contributed by atoms with Crippen LogP contribution in [0.1, 0.15) is 43.4 Å². The minimum Gasteiger partial charge on any atom is -0.508 e. The number of carbonyl (C=O) groups is 1. The molecule has 1 aliphatic carbocycles. The van der Waals surface area contributed by atoms with Crippen LogP contribution in [0, 0.1) is 29.4 Å². The number of phenolic OH excluding ortho intramolecular Hbond substituents is 1. The molecule has 1 N–H and O–H groups in total. The van der Waals surface area contributed by atoms with Crippen LogP contribution < -0.4 is 9.64 Å². The predicted molar refractivity (Wildman–Crippen MR) is 199 cm³/mol. The minimum absolute atomic E-state index is 0.0132. The first-order valence-electron chi connectivity index (χ1n) is 18.1. The lowest BCUT2D eigenvalue weighted by molar-refractivity contribution is -0.128. The number of benzene rings is 2. The van der Waals surface area contributed by atoms with Gasteiger partial charge in [0, 0.05) is 67.1 Å². The van der Waals surface area contributed by atoms with Gasteiger partial charge < -0.3 is 24.5 Å². The molecule has 8 rings (SSSR count). The van der Waals surface area contributed by atoms with Gasteiger partial charge in [0.1, 0.15) is 28.6 Å². The number of halogens is 3. The summed E-state index contributed by atoms with van der Waals surface area (Å²) in [6.45, 7) is 2.25. The standard InChI is InChI=1S/C41H38F3N7O3/c1-3-28-31(42)11-10-25-20-27(52)22-29(34(25)28)36-35(44)37-30(23-46-36)38(48-40(47-37)54-24-41-12-6-9-33(41)49(2)15-7-13-41)50-16-18-51(19-17-50)39(53)32(43)21-26-8-4-5-14-45-26/h1,4-5,8,10-11,14,20-23,33,52H,6-7,9,12-13,15-19,24H2,2H3/b32-21-/t33-,41-/m1/s1. The lowest BCUT2D eigenvalue weighted by Crippen LogP contribution is -2.50. The normalized spacial score (nSPS) is 20.6. The van der Waals surface area contributed by atoms with Crippen molar-refractivity contribution in [2.45, 2.75) is 38.1 Å². The number of carbonyl (C=O) groups excluding carboxylic acids is 1. The number of piperazine rings is 1. The highest BCUT2D eigenvalue weighted by Gasteiger charge is 2.47. The number of fused-ring (bicyclic) bond motifs is 3. The number of likely N-dealkylation sites (tertiary alicyclic amines) is 1. The molecule has 3 fully saturated rings. The van der Waals surface area contributed by atoms with Crippen LogP contribution in [0.15, 0.2) is 60.7 Å². The van der Waals surface area contributed by atoms with Crippen LogP contribution in [0.2, 0.25) is 0 Å². The fourth-order valence-electron chi connectivity index (χ4n) is 8.58. The van der Waals surface area contributed by atoms with Crippen molar-refractivity contribution in [2.24, 2.45) is 5.41 Å². The van der Waals surface area contributed by atoms with E-state index in [1.807, 2.05) is 4.90 Å². The number of terminal acetylenes is 1. The number of anilines is 1. The summed E-state index contributed by atoms with van der Waals surface area (Å²) < 4.78 is 53.4. The van der Waals surface area contributed by atoms with Crippen molar-refractivity contribution in [1.82, 2.24) is 29.7 Å². The zero-order valence-corrected chi connectivity index (χ0v) is 29.7. The second-order valence-corrected chi connectivity index (χ2v) is 14.3. The molecule has 10 nitrogen and oxygen atoms in total. The van der Waals surface area contributed by atoms with Gasteiger partial charge in [-0.25, -0.2) is 13.2 Å². The summed E-state index contributed by atoms with van der Waals surface area (Å²) >= 11 is 0. The molecule has 1 saturated carbocycles. The number of amides is 1. The maximum Gasteiger partial charge on any atom is 0.319 e. The molecule has 5 aromatic rings. The molecule has 276 valence electrons. The Bertz CT molecular complexity index is 2340. The monoisotopic (exact) mass is 733 g/mol. The van der Waals surface area contributed by atoms with Crippen molar-refractivity contribution >= 4 is 39.5 Å². The number of pyridine rings is 2. The van der Waals surface area contributed by atoms with Crippen molar-refractivity contribution in [3.05, 3.63) is 83.6 Å². The Balaban J connectivity index is 1.17. The number of rotatable bonds is 7. The first kappa shape index (κ1) is 35.3. The fraction of sp³-hybridized carbons (Fsp3) is 0.341. The molecule has 2 saturated heterocycles. The summed E-state index contributed by atoms with van der Waals surface area (Å²) in [5.74, 6) is -0.633. The number of aromatic nitrogens is 4. The molecular formula is C41H38F3N7O3. The van der Waals surface area contributed by atoms with Gasteiger partial charge in [-0.05, 0) is 75.0 Å². The van der Waals surface area contributed by atoms with Gasteiger partial charge in [-0.1, -0.05) is 24.5 Å². The van der Waals surface area contributed by atoms with Gasteiger partial charge in [-0.15, -0.1) is 6.42 Å². The molecular weight excluding hydrogens is 695 g/mol. The summed E-state index contributed by atoms with van der Waals surface area (Å²) in [7, 11) is 2.14. The quantitative estimate of drug-likeness (QED) is 0.148. The van der Waals surface area contributed by atoms with E-state index >= 15 is 4.39 Å². The Morgan fingerprint density at radius 1 is 1.07 bits per heavy atom. The molecule has 5 heterocycles. The van der Waals surface area contributed by atoms with Crippen molar-refractivity contribution in [1.29, 1.82) is 0 Å². The van der Waals surface area contributed by atoms with Gasteiger partial charge in [0.05, 0.1) is 23.3 Å². The van der Waals surface area contributed by atoms with Crippen LogP contribution in [0.5, 0.6) is 11.8 Å². The van der Waals surface area contributed by atoms with Crippen LogP contribution in [-0.2, 0) is 4.79 Å². The zero-order valence-electron chi connectivity index (χ0n) is 29.7. The van der Waals surface area contributed by atoms with Crippen LogP contribution >= 0.6 is 0 Å². The largest absolute Gasteiger partial charge is 0.508 e. The lowest BCUT2D eigenvalue weighted by atomic mass is 9.76. The summed E-state index contributed by atoms with van der Waals surface area (Å²) in [6.07, 6.45) is 15.0. The molecule has 13 heteroatoms. The third kappa shape index (κ3) is 6.34. The first-order chi connectivity index (χ1) is 26.2. The summed E-state index contributed by atoms with van der Waals surface area (Å²) in [4.78, 5) is 36.7. The van der Waals surface area contributed by atoms with Crippen LogP contribution in [-0.4, -0.2) is 93.2 Å². The molecule has 3 aromatic heterocycles. The first-order valence-corrected chi connectivity index (χ1v) is 18.1. The van der Waals surface area contributed by atoms with Crippen molar-refractivity contribution in [3.63, 3.8) is 0 Å². The van der Waals surface area contributed by atoms with E-state index in [0.29, 0.717) is 29.5 Å². The van der Waals surface area contributed by atoms with E-state index < -0.39 is 23.4 Å². The van der Waals surface area contributed by atoms with Crippen molar-refractivity contribution < 1.29 is 27.8 Å². The Morgan fingerprint density at radius 3 is 2.67 bits per heavy atom. The molecule has 0 spiro atoms. The van der Waals surface area contributed by atoms with Crippen molar-refractivity contribution in [2.75, 3.05) is 51.3 Å². The van der Waals surface area contributed by atoms with E-state index in [-0.39, 0.29) is 76.5 Å². The van der Waals surface area contributed by atoms with E-state index in [1.54, 1.807) is 18.2 Å². The molecule has 54 heavy (non-hydrogen) atoms. The van der Waals surface area contributed by atoms with E-state index in [4.69, 9.17) is 16.1 Å². The van der Waals surface area contributed by atoms with Crippen LogP contribution in [0.4, 0.5) is 19.0 Å². The summed E-state index contributed by atoms with van der Waals surface area (Å²) in [6, 6.07) is 10.8. The molecule has 2 atom stereocenters. The predicted octanol–water partition coefficient (Wildman–Crippen LogP) is 6.51. The van der Waals surface area contributed by atoms with Gasteiger partial charge in [0.25, 0.3) is 5.91 Å². The molecule has 0 bridgehead atoms. The number of piperidine rings is 1. The fourth-order valence-corrected chi connectivity index (χ4v) is 8.58. The van der Waals surface area contributed by atoms with Gasteiger partial charge in [0.2, 0.25) is 0 Å². The Labute approximate surface area is 310 Å². The number of hydrogen-bond donors (Lipinski definition) is 1. The molecule has 2 aromatic carbocycles. The van der Waals surface area contributed by atoms with Crippen molar-refractivity contribution in [3.8, 4) is 35.4 Å². The highest BCUT2D eigenvalue weighted by atomic mass is 19.1. The second-order valence-electron chi connectivity index (χ2n) is 14.3. The third-order valence-electron chi connectivity index (χ3n) is 11.2. The summed E-state index contributed by atoms with van der Waals surface area (Å²) in [5.41, 5.74) is -0.00135. The average Bonchev–Trinajstić information content (AvgIpc) is 3.63. The maximum atomic E-state index is 17.0. The number of hydrogen-bond acceptors (Lipinski definition) is 9. The Hall–Kier alpha value is -5.74. The van der Waals surface area contributed by atoms with E-state index in [2.05, 4.69) is 32.8 Å². The lowest BCUT2D eigenvalue weighted by Gasteiger charge is -2.44. The van der Waals surface area contributed by atoms with Gasteiger partial charge in [-0.3, -0.25) is 14.8 Å². The number of ether oxygens (including phenoxy) is 1. The van der Waals surface area contributed by atoms with E-state index in [0.717, 1.165) is 44.7 Å². The van der Waals surface area contributed by atoms with Gasteiger partial charge in [-0.2, -0.15) is 9.97 Å². The zero-order chi connectivity index (χ0) is 37.6. The molecule has 2 aliphatic heterocycles. The SMILES string of the molecule is C#Cc1c(F)ccc2cc(O)cc(-c3ncc4c(N5CCN(C(=O)/C(F)=C/c6ccccn6)CC5)nc(OC[C@]56CCC[C@H]5N(C)CCC6)nc4c3F)c12. The number of aromatic hydroxyl groups is 1. The maximum absolute atomic E-state index is 17.0. The number of nitrogens with zero attached hydrogens (tertiary/aromatic N) is 7. The molecule has 0 radical (unpaired) electrons. The van der Waals surface area contributed by atoms with Crippen LogP contribution in [0.25, 0.3) is 39.0 Å². The smallest absolute Gasteiger partial charge is 0.319 e.